The zero-order valence-electron chi connectivity index (χ0n) is 11.8. The van der Waals surface area contributed by atoms with Crippen LogP contribution in [-0.2, 0) is 21.2 Å². The van der Waals surface area contributed by atoms with Gasteiger partial charge in [0.1, 0.15) is 0 Å². The van der Waals surface area contributed by atoms with Gasteiger partial charge in [0, 0.05) is 12.3 Å². The molecule has 0 aliphatic heterocycles. The Labute approximate surface area is 142 Å². The maximum absolute atomic E-state index is 11.7. The van der Waals surface area contributed by atoms with Crippen LogP contribution in [0.15, 0.2) is 33.9 Å². The van der Waals surface area contributed by atoms with Crippen LogP contribution in [0.5, 0.6) is 0 Å². The molecule has 1 N–H and O–H groups in total. The number of carbonyl (C=O) groups is 1. The lowest BCUT2D eigenvalue weighted by Gasteiger charge is -1.99. The summed E-state index contributed by atoms with van der Waals surface area (Å²) in [6.45, 7) is -0.0902. The number of hydrogen-bond acceptors (Lipinski definition) is 6. The van der Waals surface area contributed by atoms with Gasteiger partial charge in [-0.3, -0.25) is 4.79 Å². The number of rotatable bonds is 5. The number of amides is 1. The molecular weight excluding hydrogens is 365 g/mol. The highest BCUT2D eigenvalue weighted by Gasteiger charge is 2.16. The van der Waals surface area contributed by atoms with Gasteiger partial charge in [-0.25, -0.2) is 8.42 Å². The smallest absolute Gasteiger partial charge is 0.335 e. The van der Waals surface area contributed by atoms with E-state index < -0.39 is 21.0 Å². The summed E-state index contributed by atoms with van der Waals surface area (Å²) in [7, 11) is -3.56. The SMILES string of the molecule is CS(=O)(=O)c1nnc(CNC(=O)/C=C/c2ccc(Cl)c(Cl)c2)o1. The molecule has 1 aromatic heterocycles. The fourth-order valence-corrected chi connectivity index (χ4v) is 2.21. The normalized spacial score (nSPS) is 11.8. The minimum Gasteiger partial charge on any atom is -0.411 e. The Morgan fingerprint density at radius 3 is 2.65 bits per heavy atom. The summed E-state index contributed by atoms with van der Waals surface area (Å²) in [4.78, 5) is 11.7. The van der Waals surface area contributed by atoms with Gasteiger partial charge in [0.15, 0.2) is 0 Å². The maximum Gasteiger partial charge on any atom is 0.335 e. The van der Waals surface area contributed by atoms with Crippen molar-refractivity contribution in [3.8, 4) is 0 Å². The van der Waals surface area contributed by atoms with E-state index in [1.807, 2.05) is 0 Å². The number of aromatic nitrogens is 2. The molecule has 0 fully saturated rings. The van der Waals surface area contributed by atoms with E-state index in [9.17, 15) is 13.2 Å². The molecule has 2 rings (SSSR count). The van der Waals surface area contributed by atoms with Gasteiger partial charge < -0.3 is 9.73 Å². The predicted molar refractivity (Wildman–Crippen MR) is 84.8 cm³/mol. The first-order valence-electron chi connectivity index (χ1n) is 6.19. The van der Waals surface area contributed by atoms with Crippen molar-refractivity contribution in [2.24, 2.45) is 0 Å². The fraction of sp³-hybridized carbons (Fsp3) is 0.154. The molecule has 1 heterocycles. The van der Waals surface area contributed by atoms with Gasteiger partial charge in [0.25, 0.3) is 0 Å². The van der Waals surface area contributed by atoms with Crippen molar-refractivity contribution in [2.75, 3.05) is 6.26 Å². The second-order valence-corrected chi connectivity index (χ2v) is 7.17. The molecule has 2 aromatic rings. The lowest BCUT2D eigenvalue weighted by molar-refractivity contribution is -0.116. The topological polar surface area (TPSA) is 102 Å². The van der Waals surface area contributed by atoms with Gasteiger partial charge in [-0.05, 0) is 23.8 Å². The minimum absolute atomic E-state index is 0.0123. The molecule has 7 nitrogen and oxygen atoms in total. The summed E-state index contributed by atoms with van der Waals surface area (Å²) >= 11 is 11.7. The second-order valence-electron chi connectivity index (χ2n) is 4.46. The summed E-state index contributed by atoms with van der Waals surface area (Å²) in [6.07, 6.45) is 3.78. The molecule has 0 saturated heterocycles. The number of sulfone groups is 1. The Bertz CT molecular complexity index is 862. The van der Waals surface area contributed by atoms with Crippen molar-refractivity contribution < 1.29 is 17.6 Å². The third-order valence-corrected chi connectivity index (χ3v) is 4.09. The van der Waals surface area contributed by atoms with E-state index >= 15 is 0 Å². The first-order valence-corrected chi connectivity index (χ1v) is 8.84. The van der Waals surface area contributed by atoms with Crippen LogP contribution < -0.4 is 5.32 Å². The lowest BCUT2D eigenvalue weighted by atomic mass is 10.2. The van der Waals surface area contributed by atoms with Crippen LogP contribution in [0, 0.1) is 0 Å². The number of hydrogen-bond donors (Lipinski definition) is 1. The largest absolute Gasteiger partial charge is 0.411 e. The van der Waals surface area contributed by atoms with Crippen LogP contribution in [-0.4, -0.2) is 30.8 Å². The molecule has 23 heavy (non-hydrogen) atoms. The zero-order valence-corrected chi connectivity index (χ0v) is 14.1. The second kappa shape index (κ2) is 7.12. The molecule has 0 aliphatic carbocycles. The minimum atomic E-state index is -3.56. The van der Waals surface area contributed by atoms with E-state index in [0.717, 1.165) is 6.26 Å². The van der Waals surface area contributed by atoms with Crippen LogP contribution >= 0.6 is 23.2 Å². The molecule has 0 spiro atoms. The van der Waals surface area contributed by atoms with Crippen LogP contribution in [0.1, 0.15) is 11.5 Å². The number of carbonyl (C=O) groups excluding carboxylic acids is 1. The van der Waals surface area contributed by atoms with E-state index in [1.165, 1.54) is 6.08 Å². The van der Waals surface area contributed by atoms with Gasteiger partial charge in [-0.1, -0.05) is 34.4 Å². The van der Waals surface area contributed by atoms with Crippen molar-refractivity contribution in [3.63, 3.8) is 0 Å². The van der Waals surface area contributed by atoms with Gasteiger partial charge in [0.2, 0.25) is 21.6 Å². The lowest BCUT2D eigenvalue weighted by Crippen LogP contribution is -2.20. The summed E-state index contributed by atoms with van der Waals surface area (Å²) < 4.78 is 27.3. The average Bonchev–Trinajstić information content (AvgIpc) is 2.95. The summed E-state index contributed by atoms with van der Waals surface area (Å²) in [6, 6.07) is 4.94. The third-order valence-electron chi connectivity index (χ3n) is 2.55. The molecule has 0 bridgehead atoms. The number of nitrogens with zero attached hydrogens (tertiary/aromatic N) is 2. The molecule has 10 heteroatoms. The number of halogens is 2. The van der Waals surface area contributed by atoms with Crippen molar-refractivity contribution >= 4 is 45.0 Å². The quantitative estimate of drug-likeness (QED) is 0.802. The Kier molecular flexibility index (Phi) is 5.40. The van der Waals surface area contributed by atoms with E-state index in [0.29, 0.717) is 15.6 Å². The van der Waals surface area contributed by atoms with E-state index in [-0.39, 0.29) is 12.4 Å². The summed E-state index contributed by atoms with van der Waals surface area (Å²) in [5, 5.41) is 9.70. The molecule has 122 valence electrons. The molecule has 1 aromatic carbocycles. The van der Waals surface area contributed by atoms with Crippen LogP contribution in [0.4, 0.5) is 0 Å². The highest BCUT2D eigenvalue weighted by atomic mass is 35.5. The summed E-state index contributed by atoms with van der Waals surface area (Å²) in [5.41, 5.74) is 0.701. The average molecular weight is 376 g/mol. The zero-order chi connectivity index (χ0) is 17.0. The van der Waals surface area contributed by atoms with Crippen LogP contribution in [0.2, 0.25) is 10.0 Å². The van der Waals surface area contributed by atoms with E-state index in [1.54, 1.807) is 24.3 Å². The first kappa shape index (κ1) is 17.5. The van der Waals surface area contributed by atoms with Gasteiger partial charge in [-0.15, -0.1) is 5.10 Å². The van der Waals surface area contributed by atoms with Gasteiger partial charge >= 0.3 is 5.22 Å². The van der Waals surface area contributed by atoms with Crippen molar-refractivity contribution in [1.82, 2.24) is 15.5 Å². The van der Waals surface area contributed by atoms with Crippen molar-refractivity contribution in [2.45, 2.75) is 11.8 Å². The molecule has 1 amide bonds. The van der Waals surface area contributed by atoms with E-state index in [2.05, 4.69) is 15.5 Å². The van der Waals surface area contributed by atoms with Crippen molar-refractivity contribution in [1.29, 1.82) is 0 Å². The molecule has 0 unspecified atom stereocenters. The van der Waals surface area contributed by atoms with Crippen LogP contribution in [0.3, 0.4) is 0 Å². The molecule has 0 aliphatic rings. The Hall–Kier alpha value is -1.90. The Balaban J connectivity index is 1.93. The third kappa shape index (κ3) is 5.05. The summed E-state index contributed by atoms with van der Waals surface area (Å²) in [5.74, 6) is -0.433. The molecular formula is C13H11Cl2N3O4S. The molecule has 0 atom stereocenters. The van der Waals surface area contributed by atoms with E-state index in [4.69, 9.17) is 27.6 Å². The first-order chi connectivity index (χ1) is 10.8. The van der Waals surface area contributed by atoms with Crippen molar-refractivity contribution in [3.05, 3.63) is 45.8 Å². The monoisotopic (exact) mass is 375 g/mol. The molecule has 0 radical (unpaired) electrons. The van der Waals surface area contributed by atoms with Gasteiger partial charge in [-0.2, -0.15) is 0 Å². The Morgan fingerprint density at radius 1 is 1.30 bits per heavy atom. The number of benzene rings is 1. The van der Waals surface area contributed by atoms with Crippen LogP contribution in [0.25, 0.3) is 6.08 Å². The van der Waals surface area contributed by atoms with Gasteiger partial charge in [0.05, 0.1) is 16.6 Å². The highest BCUT2D eigenvalue weighted by Crippen LogP contribution is 2.23. The highest BCUT2D eigenvalue weighted by molar-refractivity contribution is 7.90. The predicted octanol–water partition coefficient (Wildman–Crippen LogP) is 2.11. The standard InChI is InChI=1S/C13H11Cl2N3O4S/c1-23(20,21)13-18-17-12(22-13)7-16-11(19)5-3-8-2-4-9(14)10(15)6-8/h2-6H,7H2,1H3,(H,16,19)/b5-3+. The fourth-order valence-electron chi connectivity index (χ4n) is 1.47. The molecule has 0 saturated carbocycles. The Morgan fingerprint density at radius 2 is 2.04 bits per heavy atom. The number of nitrogens with one attached hydrogen (secondary N) is 1. The maximum atomic E-state index is 11.7.